The van der Waals surface area contributed by atoms with Gasteiger partial charge >= 0.3 is 0 Å². The van der Waals surface area contributed by atoms with E-state index in [1.54, 1.807) is 32.4 Å². The molecular formula is C28H38N4O4. The van der Waals surface area contributed by atoms with Crippen molar-refractivity contribution >= 4 is 11.8 Å². The number of nitrogens with one attached hydrogen (secondary N) is 1. The van der Waals surface area contributed by atoms with Crippen molar-refractivity contribution in [3.8, 4) is 11.5 Å². The van der Waals surface area contributed by atoms with Gasteiger partial charge < -0.3 is 24.6 Å². The molecule has 4 rings (SSSR count). The molecular weight excluding hydrogens is 456 g/mol. The van der Waals surface area contributed by atoms with Crippen molar-refractivity contribution in [1.29, 1.82) is 0 Å². The van der Waals surface area contributed by atoms with Crippen LogP contribution >= 0.6 is 0 Å². The zero-order valence-corrected chi connectivity index (χ0v) is 21.9. The SMILES string of the molecule is COc1ccc(C(=O)N2CCC(c3nc(C)ccc3C(=O)NCCC3CCCN3C)CC2)cc1OC. The maximum Gasteiger partial charge on any atom is 0.253 e. The van der Waals surface area contributed by atoms with Crippen molar-refractivity contribution in [3.63, 3.8) is 0 Å². The van der Waals surface area contributed by atoms with Gasteiger partial charge in [-0.1, -0.05) is 0 Å². The van der Waals surface area contributed by atoms with Gasteiger partial charge in [-0.05, 0) is 83.0 Å². The third-order valence-corrected chi connectivity index (χ3v) is 7.54. The number of piperidine rings is 1. The second-order valence-corrected chi connectivity index (χ2v) is 9.84. The van der Waals surface area contributed by atoms with Crippen LogP contribution in [0.3, 0.4) is 0 Å². The Balaban J connectivity index is 1.38. The van der Waals surface area contributed by atoms with Crippen molar-refractivity contribution in [1.82, 2.24) is 20.1 Å². The minimum atomic E-state index is -0.0537. The molecule has 1 aromatic carbocycles. The quantitative estimate of drug-likeness (QED) is 0.603. The monoisotopic (exact) mass is 494 g/mol. The number of hydrogen-bond acceptors (Lipinski definition) is 6. The van der Waals surface area contributed by atoms with Gasteiger partial charge in [-0.25, -0.2) is 0 Å². The van der Waals surface area contributed by atoms with Crippen LogP contribution in [-0.2, 0) is 0 Å². The van der Waals surface area contributed by atoms with Crippen LogP contribution in [0.1, 0.15) is 70.1 Å². The summed E-state index contributed by atoms with van der Waals surface area (Å²) in [7, 11) is 5.29. The molecule has 36 heavy (non-hydrogen) atoms. The third kappa shape index (κ3) is 5.81. The van der Waals surface area contributed by atoms with Crippen molar-refractivity contribution < 1.29 is 19.1 Å². The van der Waals surface area contributed by atoms with Crippen LogP contribution in [0.15, 0.2) is 30.3 Å². The largest absolute Gasteiger partial charge is 0.493 e. The summed E-state index contributed by atoms with van der Waals surface area (Å²) in [6.45, 7) is 4.99. The Morgan fingerprint density at radius 2 is 1.78 bits per heavy atom. The second kappa shape index (κ2) is 11.7. The molecule has 1 N–H and O–H groups in total. The standard InChI is InChI=1S/C28H38N4O4/c1-19-7-9-23(27(33)29-14-11-22-6-5-15-31(22)2)26(30-19)20-12-16-32(17-13-20)28(34)21-8-10-24(35-3)25(18-21)36-4/h7-10,18,20,22H,5-6,11-17H2,1-4H3,(H,29,33). The molecule has 2 amide bonds. The lowest BCUT2D eigenvalue weighted by Gasteiger charge is -2.32. The zero-order valence-electron chi connectivity index (χ0n) is 21.9. The topological polar surface area (TPSA) is 84.0 Å². The van der Waals surface area contributed by atoms with Crippen molar-refractivity contribution in [2.24, 2.45) is 0 Å². The molecule has 0 spiro atoms. The lowest BCUT2D eigenvalue weighted by atomic mass is 9.89. The molecule has 2 aliphatic heterocycles. The van der Waals surface area contributed by atoms with Crippen LogP contribution in [0.4, 0.5) is 0 Å². The summed E-state index contributed by atoms with van der Waals surface area (Å²) in [5.41, 5.74) is 2.99. The first-order chi connectivity index (χ1) is 17.4. The van der Waals surface area contributed by atoms with Crippen molar-refractivity contribution in [2.45, 2.75) is 51.0 Å². The number of carbonyl (C=O) groups excluding carboxylic acids is 2. The van der Waals surface area contributed by atoms with Gasteiger partial charge in [-0.2, -0.15) is 0 Å². The van der Waals surface area contributed by atoms with Gasteiger partial charge in [-0.15, -0.1) is 0 Å². The lowest BCUT2D eigenvalue weighted by Crippen LogP contribution is -2.38. The fourth-order valence-electron chi connectivity index (χ4n) is 5.38. The average molecular weight is 495 g/mol. The first-order valence-electron chi connectivity index (χ1n) is 12.9. The fraction of sp³-hybridized carbons (Fsp3) is 0.536. The smallest absolute Gasteiger partial charge is 0.253 e. The second-order valence-electron chi connectivity index (χ2n) is 9.84. The van der Waals surface area contributed by atoms with E-state index in [-0.39, 0.29) is 17.7 Å². The molecule has 2 aliphatic rings. The molecule has 2 fully saturated rings. The highest BCUT2D eigenvalue weighted by molar-refractivity contribution is 5.96. The summed E-state index contributed by atoms with van der Waals surface area (Å²) in [4.78, 5) is 35.3. The fourth-order valence-corrected chi connectivity index (χ4v) is 5.38. The number of pyridine rings is 1. The minimum absolute atomic E-state index is 0.0264. The van der Waals surface area contributed by atoms with Gasteiger partial charge in [0.25, 0.3) is 11.8 Å². The highest BCUT2D eigenvalue weighted by atomic mass is 16.5. The number of amides is 2. The zero-order chi connectivity index (χ0) is 25.7. The first kappa shape index (κ1) is 25.9. The van der Waals surface area contributed by atoms with Crippen molar-refractivity contribution in [3.05, 3.63) is 52.8 Å². The number of likely N-dealkylation sites (tertiary alicyclic amines) is 2. The summed E-state index contributed by atoms with van der Waals surface area (Å²) in [6.07, 6.45) is 4.93. The number of nitrogens with zero attached hydrogens (tertiary/aromatic N) is 3. The van der Waals surface area contributed by atoms with Crippen molar-refractivity contribution in [2.75, 3.05) is 47.4 Å². The molecule has 0 aliphatic carbocycles. The van der Waals surface area contributed by atoms with Gasteiger partial charge in [0, 0.05) is 42.9 Å². The van der Waals surface area contributed by atoms with E-state index in [4.69, 9.17) is 14.5 Å². The molecule has 3 heterocycles. The number of rotatable bonds is 8. The molecule has 1 aromatic heterocycles. The van der Waals surface area contributed by atoms with E-state index in [0.29, 0.717) is 48.3 Å². The number of aryl methyl sites for hydroxylation is 1. The summed E-state index contributed by atoms with van der Waals surface area (Å²) in [5.74, 6) is 1.20. The van der Waals surface area contributed by atoms with Crippen LogP contribution in [0.5, 0.6) is 11.5 Å². The molecule has 2 saturated heterocycles. The molecule has 1 atom stereocenters. The van der Waals surface area contributed by atoms with Gasteiger partial charge in [-0.3, -0.25) is 14.6 Å². The average Bonchev–Trinajstić information content (AvgIpc) is 3.32. The minimum Gasteiger partial charge on any atom is -0.493 e. The molecule has 8 nitrogen and oxygen atoms in total. The maximum absolute atomic E-state index is 13.1. The Kier molecular flexibility index (Phi) is 8.46. The van der Waals surface area contributed by atoms with Crippen LogP contribution in [0.2, 0.25) is 0 Å². The number of carbonyl (C=O) groups is 2. The molecule has 1 unspecified atom stereocenters. The number of benzene rings is 1. The maximum atomic E-state index is 13.1. The van der Waals surface area contributed by atoms with Crippen LogP contribution < -0.4 is 14.8 Å². The van der Waals surface area contributed by atoms with Gasteiger partial charge in [0.2, 0.25) is 0 Å². The normalized spacial score (nSPS) is 18.8. The highest BCUT2D eigenvalue weighted by Gasteiger charge is 2.29. The highest BCUT2D eigenvalue weighted by Crippen LogP contribution is 2.32. The molecule has 0 radical (unpaired) electrons. The molecule has 8 heteroatoms. The van der Waals surface area contributed by atoms with Crippen LogP contribution in [-0.4, -0.2) is 80.1 Å². The van der Waals surface area contributed by atoms with E-state index >= 15 is 0 Å². The number of hydrogen-bond donors (Lipinski definition) is 1. The molecule has 0 saturated carbocycles. The Labute approximate surface area is 214 Å². The molecule has 194 valence electrons. The van der Waals surface area contributed by atoms with Crippen LogP contribution in [0.25, 0.3) is 0 Å². The summed E-state index contributed by atoms with van der Waals surface area (Å²) < 4.78 is 10.6. The molecule has 0 bridgehead atoms. The predicted octanol–water partition coefficient (Wildman–Crippen LogP) is 3.64. The van der Waals surface area contributed by atoms with Gasteiger partial charge in [0.1, 0.15) is 0 Å². The Morgan fingerprint density at radius 3 is 2.44 bits per heavy atom. The summed E-state index contributed by atoms with van der Waals surface area (Å²) in [5, 5.41) is 3.12. The Morgan fingerprint density at radius 1 is 1.03 bits per heavy atom. The van der Waals surface area contributed by atoms with Gasteiger partial charge in [0.05, 0.1) is 25.5 Å². The van der Waals surface area contributed by atoms with E-state index in [9.17, 15) is 9.59 Å². The number of methoxy groups -OCH3 is 2. The molecule has 2 aromatic rings. The van der Waals surface area contributed by atoms with E-state index in [2.05, 4.69) is 17.3 Å². The van der Waals surface area contributed by atoms with Gasteiger partial charge in [0.15, 0.2) is 11.5 Å². The predicted molar refractivity (Wildman–Crippen MR) is 139 cm³/mol. The number of aromatic nitrogens is 1. The Bertz CT molecular complexity index is 1080. The van der Waals surface area contributed by atoms with E-state index < -0.39 is 0 Å². The van der Waals surface area contributed by atoms with E-state index in [1.165, 1.54) is 12.8 Å². The van der Waals surface area contributed by atoms with E-state index in [1.807, 2.05) is 24.0 Å². The summed E-state index contributed by atoms with van der Waals surface area (Å²) in [6, 6.07) is 9.60. The van der Waals surface area contributed by atoms with E-state index in [0.717, 1.165) is 37.2 Å². The third-order valence-electron chi connectivity index (χ3n) is 7.54. The summed E-state index contributed by atoms with van der Waals surface area (Å²) >= 11 is 0. The number of ether oxygens (including phenoxy) is 2. The Hall–Kier alpha value is -3.13. The first-order valence-corrected chi connectivity index (χ1v) is 12.9. The van der Waals surface area contributed by atoms with Crippen LogP contribution in [0, 0.1) is 6.92 Å². The lowest BCUT2D eigenvalue weighted by molar-refractivity contribution is 0.0710.